The van der Waals surface area contributed by atoms with Crippen molar-refractivity contribution in [3.05, 3.63) is 58.1 Å². The van der Waals surface area contributed by atoms with Crippen LogP contribution in [0.25, 0.3) is 10.2 Å². The number of benzene rings is 2. The molecule has 1 saturated heterocycles. The molecule has 1 amide bonds. The third-order valence-corrected chi connectivity index (χ3v) is 6.78. The van der Waals surface area contributed by atoms with Crippen LogP contribution in [0.3, 0.4) is 0 Å². The van der Waals surface area contributed by atoms with Crippen LogP contribution in [0.15, 0.2) is 36.4 Å². The minimum absolute atomic E-state index is 0.0630. The molecular weight excluding hydrogens is 418 g/mol. The number of hydrogen-bond acceptors (Lipinski definition) is 5. The maximum Gasteiger partial charge on any atom is 0.260 e. The molecule has 158 valence electrons. The molecule has 0 N–H and O–H groups in total. The van der Waals surface area contributed by atoms with E-state index in [0.717, 1.165) is 54.6 Å². The standard InChI is InChI=1S/C23H26ClN3O2S/c1-16-13-20-21(14-17(16)2)30-23(25-20)27(8-4-7-26-9-11-29-12-10-26)22(28)18-5-3-6-19(24)15-18/h3,5-6,13-15H,4,7-12H2,1-2H3. The number of nitrogens with zero attached hydrogens (tertiary/aromatic N) is 3. The van der Waals surface area contributed by atoms with Crippen molar-refractivity contribution in [1.29, 1.82) is 0 Å². The number of fused-ring (bicyclic) bond motifs is 1. The van der Waals surface area contributed by atoms with Gasteiger partial charge in [-0.15, -0.1) is 0 Å². The third kappa shape index (κ3) is 4.83. The van der Waals surface area contributed by atoms with Crippen LogP contribution in [0.2, 0.25) is 5.02 Å². The van der Waals surface area contributed by atoms with Gasteiger partial charge in [0.15, 0.2) is 5.13 Å². The zero-order chi connectivity index (χ0) is 21.1. The molecule has 0 radical (unpaired) electrons. The first-order chi connectivity index (χ1) is 14.5. The van der Waals surface area contributed by atoms with Gasteiger partial charge in [-0.2, -0.15) is 0 Å². The lowest BCUT2D eigenvalue weighted by Crippen LogP contribution is -2.39. The van der Waals surface area contributed by atoms with E-state index in [2.05, 4.69) is 30.9 Å². The monoisotopic (exact) mass is 443 g/mol. The summed E-state index contributed by atoms with van der Waals surface area (Å²) in [5.74, 6) is -0.0630. The summed E-state index contributed by atoms with van der Waals surface area (Å²) >= 11 is 7.71. The predicted octanol–water partition coefficient (Wildman–Crippen LogP) is 4.94. The van der Waals surface area contributed by atoms with Gasteiger partial charge in [0.25, 0.3) is 5.91 Å². The van der Waals surface area contributed by atoms with Crippen LogP contribution < -0.4 is 4.90 Å². The first-order valence-corrected chi connectivity index (χ1v) is 11.5. The number of halogens is 1. The fourth-order valence-corrected chi connectivity index (χ4v) is 4.88. The molecule has 0 saturated carbocycles. The van der Waals surface area contributed by atoms with Crippen molar-refractivity contribution in [3.63, 3.8) is 0 Å². The van der Waals surface area contributed by atoms with Crippen molar-refractivity contribution < 1.29 is 9.53 Å². The zero-order valence-electron chi connectivity index (χ0n) is 17.4. The molecule has 0 spiro atoms. The number of anilines is 1. The van der Waals surface area contributed by atoms with Crippen molar-refractivity contribution >= 4 is 44.2 Å². The molecule has 2 heterocycles. The summed E-state index contributed by atoms with van der Waals surface area (Å²) in [6.07, 6.45) is 0.875. The van der Waals surface area contributed by atoms with Crippen LogP contribution >= 0.6 is 22.9 Å². The molecule has 4 rings (SSSR count). The highest BCUT2D eigenvalue weighted by Gasteiger charge is 2.22. The molecule has 0 unspecified atom stereocenters. The van der Waals surface area contributed by atoms with E-state index in [1.807, 2.05) is 12.1 Å². The number of carbonyl (C=O) groups excluding carboxylic acids is 1. The number of morpholine rings is 1. The SMILES string of the molecule is Cc1cc2nc(N(CCCN3CCOCC3)C(=O)c3cccc(Cl)c3)sc2cc1C. The Hall–Kier alpha value is -1.99. The summed E-state index contributed by atoms with van der Waals surface area (Å²) in [7, 11) is 0. The Morgan fingerprint density at radius 1 is 1.20 bits per heavy atom. The largest absolute Gasteiger partial charge is 0.379 e. The lowest BCUT2D eigenvalue weighted by atomic mass is 10.1. The van der Waals surface area contributed by atoms with E-state index in [0.29, 0.717) is 17.1 Å². The number of aryl methyl sites for hydroxylation is 2. The average Bonchev–Trinajstić information content (AvgIpc) is 3.14. The van der Waals surface area contributed by atoms with Gasteiger partial charge >= 0.3 is 0 Å². The topological polar surface area (TPSA) is 45.7 Å². The second-order valence-corrected chi connectivity index (χ2v) is 9.12. The lowest BCUT2D eigenvalue weighted by Gasteiger charge is -2.27. The molecule has 1 aliphatic rings. The highest BCUT2D eigenvalue weighted by molar-refractivity contribution is 7.22. The van der Waals surface area contributed by atoms with Gasteiger partial charge in [-0.1, -0.05) is 29.0 Å². The molecule has 1 aromatic heterocycles. The molecule has 2 aromatic carbocycles. The van der Waals surface area contributed by atoms with Gasteiger partial charge in [0.05, 0.1) is 23.4 Å². The summed E-state index contributed by atoms with van der Waals surface area (Å²) in [5.41, 5.74) is 3.97. The van der Waals surface area contributed by atoms with Crippen LogP contribution in [0.4, 0.5) is 5.13 Å². The minimum atomic E-state index is -0.0630. The van der Waals surface area contributed by atoms with Gasteiger partial charge in [0.1, 0.15) is 0 Å². The Bertz CT molecular complexity index is 1010. The molecule has 7 heteroatoms. The van der Waals surface area contributed by atoms with Gasteiger partial charge < -0.3 is 4.74 Å². The molecule has 5 nitrogen and oxygen atoms in total. The number of carbonyl (C=O) groups is 1. The van der Waals surface area contributed by atoms with Crippen molar-refractivity contribution in [1.82, 2.24) is 9.88 Å². The third-order valence-electron chi connectivity index (χ3n) is 5.50. The zero-order valence-corrected chi connectivity index (χ0v) is 18.9. The Balaban J connectivity index is 1.59. The Morgan fingerprint density at radius 2 is 1.97 bits per heavy atom. The summed E-state index contributed by atoms with van der Waals surface area (Å²) in [6.45, 7) is 9.19. The Kier molecular flexibility index (Phi) is 6.68. The molecule has 1 fully saturated rings. The van der Waals surface area contributed by atoms with Crippen molar-refractivity contribution in [2.24, 2.45) is 0 Å². The van der Waals surface area contributed by atoms with Crippen LogP contribution in [0.1, 0.15) is 27.9 Å². The molecule has 3 aromatic rings. The molecular formula is C23H26ClN3O2S. The highest BCUT2D eigenvalue weighted by atomic mass is 35.5. The maximum absolute atomic E-state index is 13.4. The number of ether oxygens (including phenoxy) is 1. The highest BCUT2D eigenvalue weighted by Crippen LogP contribution is 2.32. The lowest BCUT2D eigenvalue weighted by molar-refractivity contribution is 0.0376. The molecule has 30 heavy (non-hydrogen) atoms. The van der Waals surface area contributed by atoms with E-state index in [4.69, 9.17) is 21.3 Å². The normalized spacial score (nSPS) is 14.9. The van der Waals surface area contributed by atoms with Gasteiger partial charge in [-0.25, -0.2) is 4.98 Å². The predicted molar refractivity (Wildman–Crippen MR) is 124 cm³/mol. The minimum Gasteiger partial charge on any atom is -0.379 e. The molecule has 0 atom stereocenters. The van der Waals surface area contributed by atoms with Gasteiger partial charge in [-0.3, -0.25) is 14.6 Å². The fourth-order valence-electron chi connectivity index (χ4n) is 3.62. The Labute approximate surface area is 186 Å². The average molecular weight is 444 g/mol. The van der Waals surface area contributed by atoms with Crippen LogP contribution in [-0.2, 0) is 4.74 Å². The fraction of sp³-hybridized carbons (Fsp3) is 0.391. The van der Waals surface area contributed by atoms with E-state index in [1.54, 1.807) is 28.4 Å². The van der Waals surface area contributed by atoms with Crippen LogP contribution in [0.5, 0.6) is 0 Å². The first-order valence-electron chi connectivity index (χ1n) is 10.3. The number of thiazole rings is 1. The number of amides is 1. The summed E-state index contributed by atoms with van der Waals surface area (Å²) in [6, 6.07) is 11.4. The molecule has 0 bridgehead atoms. The second-order valence-electron chi connectivity index (χ2n) is 7.68. The van der Waals surface area contributed by atoms with Gasteiger partial charge in [0, 0.05) is 36.8 Å². The quantitative estimate of drug-likeness (QED) is 0.541. The first kappa shape index (κ1) is 21.2. The van der Waals surface area contributed by atoms with Gasteiger partial charge in [0.2, 0.25) is 0 Å². The van der Waals surface area contributed by atoms with Gasteiger partial charge in [-0.05, 0) is 61.7 Å². The second kappa shape index (κ2) is 9.43. The van der Waals surface area contributed by atoms with E-state index < -0.39 is 0 Å². The summed E-state index contributed by atoms with van der Waals surface area (Å²) in [5, 5.41) is 1.30. The van der Waals surface area contributed by atoms with E-state index >= 15 is 0 Å². The van der Waals surface area contributed by atoms with Crippen molar-refractivity contribution in [2.75, 3.05) is 44.3 Å². The summed E-state index contributed by atoms with van der Waals surface area (Å²) < 4.78 is 6.53. The number of hydrogen-bond donors (Lipinski definition) is 0. The van der Waals surface area contributed by atoms with Crippen molar-refractivity contribution in [3.8, 4) is 0 Å². The van der Waals surface area contributed by atoms with Crippen molar-refractivity contribution in [2.45, 2.75) is 20.3 Å². The van der Waals surface area contributed by atoms with E-state index in [-0.39, 0.29) is 5.91 Å². The molecule has 0 aliphatic carbocycles. The number of rotatable bonds is 6. The number of aromatic nitrogens is 1. The van der Waals surface area contributed by atoms with E-state index in [9.17, 15) is 4.79 Å². The molecule has 1 aliphatic heterocycles. The van der Waals surface area contributed by atoms with E-state index in [1.165, 1.54) is 11.1 Å². The summed E-state index contributed by atoms with van der Waals surface area (Å²) in [4.78, 5) is 22.4. The van der Waals surface area contributed by atoms with Crippen LogP contribution in [-0.4, -0.2) is 55.2 Å². The maximum atomic E-state index is 13.4. The van der Waals surface area contributed by atoms with Crippen LogP contribution in [0, 0.1) is 13.8 Å². The smallest absolute Gasteiger partial charge is 0.260 e. The Morgan fingerprint density at radius 3 is 2.73 bits per heavy atom.